The number of hydrogen-bond donors (Lipinski definition) is 8. The molecule has 0 aliphatic carbocycles. The van der Waals surface area contributed by atoms with E-state index in [1.165, 1.54) is 34.8 Å². The van der Waals surface area contributed by atoms with Crippen molar-refractivity contribution in [1.82, 2.24) is 19.6 Å². The van der Waals surface area contributed by atoms with Gasteiger partial charge in [0, 0.05) is 87.8 Å². The van der Waals surface area contributed by atoms with Crippen LogP contribution in [-0.2, 0) is 81.5 Å². The summed E-state index contributed by atoms with van der Waals surface area (Å²) in [7, 11) is -13.7. The summed E-state index contributed by atoms with van der Waals surface area (Å²) >= 11 is 12.0. The van der Waals surface area contributed by atoms with Crippen molar-refractivity contribution >= 4 is 143 Å². The number of alkyl halides is 5. The lowest BCUT2D eigenvalue weighted by atomic mass is 10.1. The number of rotatable bonds is 42. The zero-order chi connectivity index (χ0) is 78.7. The molecule has 594 valence electrons. The van der Waals surface area contributed by atoms with Crippen molar-refractivity contribution in [2.45, 2.75) is 172 Å². The predicted molar refractivity (Wildman–Crippen MR) is 449 cm³/mol. The molecule has 0 saturated heterocycles. The van der Waals surface area contributed by atoms with Crippen molar-refractivity contribution in [2.75, 3.05) is 106 Å². The first-order valence-electron chi connectivity index (χ1n) is 33.2. The molecule has 0 aromatic heterocycles. The highest BCUT2D eigenvalue weighted by atomic mass is 127. The Bertz CT molecular complexity index is 3160. The molecular weight excluding hydrogens is 1980 g/mol. The quantitative estimate of drug-likeness (QED) is 0.00672. The standard InChI is InChI=1S/C43H76N2O13P2.C19H28N2O9P2.C3H5I3.C3H6I2/c1-40(2,3)55-59(47,56-41(4,5)6)31-44(27-35-19-15-17-21-38(35)53-33-51-25-23-49-13)29-37(30-46)45(32-60(48,57-42(7,8)9)58-43(10,11)12)28-36-20-16-18-22-39(36)54-34-52-26-24-50-14;22-12-17(21(14-32(28,29)30)10-16-6-2-4-8-19(16)24)11-20(13-31(25,26)27)9-15-5-1-3-7-18(15)23;1-2-3(4,5)6;1-2-3(4)5/h15-22,37,46H,23-34H2,1-14H3;1-8,17,22-24H,9-14H2,(H2,25,26,27)(H2,28,29,30);2H2,1H3;3H,2H2,1H3. The number of methoxy groups -OCH3 is 2. The van der Waals surface area contributed by atoms with Crippen molar-refractivity contribution < 1.29 is 105 Å². The highest BCUT2D eigenvalue weighted by molar-refractivity contribution is 14.3. The summed E-state index contributed by atoms with van der Waals surface area (Å²) in [6.45, 7) is 26.9. The topological polar surface area (TPSA) is 335 Å². The van der Waals surface area contributed by atoms with Crippen LogP contribution in [0.1, 0.15) is 132 Å². The van der Waals surface area contributed by atoms with Crippen molar-refractivity contribution in [2.24, 2.45) is 0 Å². The number of halogens is 5. The largest absolute Gasteiger partial charge is 0.508 e. The number of para-hydroxylation sites is 4. The zero-order valence-corrected chi connectivity index (χ0v) is 76.7. The van der Waals surface area contributed by atoms with E-state index >= 15 is 0 Å². The first kappa shape index (κ1) is 101. The molecule has 4 rings (SSSR count). The van der Waals surface area contributed by atoms with E-state index < -0.39 is 84.0 Å². The van der Waals surface area contributed by atoms with E-state index in [0.717, 1.165) is 13.1 Å². The molecule has 4 aromatic carbocycles. The fourth-order valence-corrected chi connectivity index (χ4v) is 15.9. The Morgan fingerprint density at radius 2 is 0.748 bits per heavy atom. The van der Waals surface area contributed by atoms with Crippen LogP contribution in [0.15, 0.2) is 97.1 Å². The number of benzene rings is 4. The fraction of sp³-hybridized carbons (Fsp3) is 0.647. The molecule has 0 spiro atoms. The Morgan fingerprint density at radius 1 is 0.447 bits per heavy atom. The minimum Gasteiger partial charge on any atom is -0.508 e. The van der Waals surface area contributed by atoms with E-state index in [1.807, 2.05) is 141 Å². The maximum atomic E-state index is 15.0. The lowest BCUT2D eigenvalue weighted by Crippen LogP contribution is -2.47. The number of phenolic OH excluding ortho intramolecular Hbond substituents is 2. The van der Waals surface area contributed by atoms with Gasteiger partial charge in [0.05, 0.1) is 64.0 Å². The fourth-order valence-electron chi connectivity index (χ4n) is 9.27. The third-order valence-electron chi connectivity index (χ3n) is 13.2. The molecule has 0 amide bonds. The van der Waals surface area contributed by atoms with Gasteiger partial charge in [-0.3, -0.25) is 37.9 Å². The number of hydrogen-bond acceptors (Lipinski definition) is 22. The van der Waals surface area contributed by atoms with Crippen molar-refractivity contribution in [3.63, 3.8) is 0 Å². The van der Waals surface area contributed by atoms with Crippen LogP contribution < -0.4 is 9.47 Å². The van der Waals surface area contributed by atoms with Gasteiger partial charge in [-0.1, -0.05) is 200 Å². The Hall–Kier alpha value is -0.0700. The number of aliphatic hydroxyl groups is 2. The third-order valence-corrected chi connectivity index (χ3v) is 23.5. The van der Waals surface area contributed by atoms with Gasteiger partial charge in [0.2, 0.25) is 0 Å². The smallest absolute Gasteiger partial charge is 0.345 e. The third kappa shape index (κ3) is 49.8. The molecule has 0 saturated carbocycles. The first-order chi connectivity index (χ1) is 47.5. The maximum absolute atomic E-state index is 15.0. The van der Waals surface area contributed by atoms with E-state index in [-0.39, 0.29) is 83.5 Å². The van der Waals surface area contributed by atoms with Gasteiger partial charge < -0.3 is 86.5 Å². The van der Waals surface area contributed by atoms with Gasteiger partial charge in [0.1, 0.15) is 47.6 Å². The van der Waals surface area contributed by atoms with Crippen LogP contribution in [0.2, 0.25) is 0 Å². The molecule has 8 N–H and O–H groups in total. The second-order valence-corrected chi connectivity index (χ2v) is 51.8. The van der Waals surface area contributed by atoms with E-state index in [4.69, 9.17) is 46.5 Å². The van der Waals surface area contributed by atoms with E-state index in [2.05, 4.69) is 127 Å². The van der Waals surface area contributed by atoms with Gasteiger partial charge in [-0.05, 0) is 120 Å². The molecule has 0 aliphatic heterocycles. The molecule has 0 heterocycles. The summed E-state index contributed by atoms with van der Waals surface area (Å²) in [6, 6.07) is 25.7. The number of aromatic hydroxyl groups is 2. The molecule has 2 unspecified atom stereocenters. The van der Waals surface area contributed by atoms with E-state index in [0.29, 0.717) is 48.5 Å². The van der Waals surface area contributed by atoms with Crippen LogP contribution in [-0.4, -0.2) is 201 Å². The lowest BCUT2D eigenvalue weighted by molar-refractivity contribution is -0.00978. The zero-order valence-electron chi connectivity index (χ0n) is 62.4. The second kappa shape index (κ2) is 49.4. The summed E-state index contributed by atoms with van der Waals surface area (Å²) in [5.74, 6) is 0.921. The van der Waals surface area contributed by atoms with Gasteiger partial charge in [0.15, 0.2) is 13.6 Å². The Balaban J connectivity index is 0.00000102. The molecule has 35 heteroatoms. The van der Waals surface area contributed by atoms with Crippen LogP contribution in [0.4, 0.5) is 0 Å². The normalized spacial score (nSPS) is 13.5. The minimum atomic E-state index is -4.58. The summed E-state index contributed by atoms with van der Waals surface area (Å²) in [4.78, 5) is 44.4. The van der Waals surface area contributed by atoms with Crippen molar-refractivity contribution in [3.05, 3.63) is 119 Å². The van der Waals surface area contributed by atoms with Crippen LogP contribution in [0.25, 0.3) is 0 Å². The molecular formula is C68H115I5N4O22P4. The van der Waals surface area contributed by atoms with E-state index in [9.17, 15) is 58.3 Å². The average molecular weight is 2100 g/mol. The molecule has 103 heavy (non-hydrogen) atoms. The van der Waals surface area contributed by atoms with Crippen molar-refractivity contribution in [3.8, 4) is 23.0 Å². The molecule has 2 atom stereocenters. The second-order valence-electron chi connectivity index (χ2n) is 27.7. The molecule has 26 nitrogen and oxygen atoms in total. The predicted octanol–water partition coefficient (Wildman–Crippen LogP) is 15.9. The summed E-state index contributed by atoms with van der Waals surface area (Å²) in [5.41, 5.74) is -1.08. The van der Waals surface area contributed by atoms with Gasteiger partial charge in [-0.15, -0.1) is 0 Å². The monoisotopic (exact) mass is 2100 g/mol. The van der Waals surface area contributed by atoms with Gasteiger partial charge in [-0.2, -0.15) is 0 Å². The van der Waals surface area contributed by atoms with Crippen LogP contribution in [0.5, 0.6) is 23.0 Å². The Labute approximate surface area is 680 Å². The Morgan fingerprint density at radius 3 is 1.08 bits per heavy atom. The lowest BCUT2D eigenvalue weighted by Gasteiger charge is -2.40. The van der Waals surface area contributed by atoms with Crippen LogP contribution >= 0.6 is 143 Å². The SMILES string of the molecule is CCC(I)(I)I.CCC(I)I.COCCOCOc1ccccc1CN(CC(CO)N(Cc1ccccc1OCOCCOC)CP(=O)(OC(C)(C)C)OC(C)(C)C)CP(=O)(OC(C)(C)C)OC(C)(C)C.O=P(O)(O)CN(Cc1ccccc1O)CC(CO)N(Cc1ccccc1O)CP(=O)(O)O. The average Bonchev–Trinajstić information content (AvgIpc) is 0.809. The highest BCUT2D eigenvalue weighted by Crippen LogP contribution is 2.57. The maximum Gasteiger partial charge on any atom is 0.345 e. The molecule has 4 aromatic rings. The van der Waals surface area contributed by atoms with E-state index in [1.54, 1.807) is 50.6 Å². The van der Waals surface area contributed by atoms with Crippen LogP contribution in [0.3, 0.4) is 0 Å². The van der Waals surface area contributed by atoms with Gasteiger partial charge in [-0.25, -0.2) is 0 Å². The van der Waals surface area contributed by atoms with Gasteiger partial charge in [0.25, 0.3) is 0 Å². The molecule has 0 aliphatic rings. The highest BCUT2D eigenvalue weighted by Gasteiger charge is 2.42. The number of ether oxygens (including phenoxy) is 6. The number of aliphatic hydroxyl groups excluding tert-OH is 2. The summed E-state index contributed by atoms with van der Waals surface area (Å²) in [6.07, 6.45) is 0.713. The van der Waals surface area contributed by atoms with Crippen LogP contribution in [0, 0.1) is 0 Å². The number of phenols is 2. The minimum absolute atomic E-state index is 0.0120. The summed E-state index contributed by atoms with van der Waals surface area (Å²) in [5, 5.41) is 41.4. The number of nitrogens with zero attached hydrogens (tertiary/aromatic N) is 4. The van der Waals surface area contributed by atoms with Crippen molar-refractivity contribution in [1.29, 1.82) is 0 Å². The summed E-state index contributed by atoms with van der Waals surface area (Å²) < 4.78 is 113. The first-order valence-corrected chi connectivity index (χ1v) is 45.9. The molecule has 0 radical (unpaired) electrons. The van der Waals surface area contributed by atoms with Gasteiger partial charge >= 0.3 is 30.4 Å². The molecule has 0 bridgehead atoms. The Kier molecular flexibility index (Phi) is 48.4. The molecule has 0 fully saturated rings.